The number of aliphatic hydroxyl groups is 2. The summed E-state index contributed by atoms with van der Waals surface area (Å²) >= 11 is 0. The number of rotatable bonds is 16. The Morgan fingerprint density at radius 1 is 0.564 bits per heavy atom. The van der Waals surface area contributed by atoms with Crippen LogP contribution in [0.25, 0.3) is 0 Å². The summed E-state index contributed by atoms with van der Waals surface area (Å²) in [6.45, 7) is 9.71. The van der Waals surface area contributed by atoms with E-state index in [1.165, 1.54) is 59.1 Å². The van der Waals surface area contributed by atoms with Crippen LogP contribution in [0.5, 0.6) is 11.5 Å². The summed E-state index contributed by atoms with van der Waals surface area (Å²) in [7, 11) is 0. The van der Waals surface area contributed by atoms with Crippen LogP contribution in [-0.2, 0) is 31.1 Å². The number of ether oxygens (including phenoxy) is 2. The van der Waals surface area contributed by atoms with Crippen LogP contribution in [0.4, 0.5) is 0 Å². The Balaban J connectivity index is 2.29. The van der Waals surface area contributed by atoms with Gasteiger partial charge in [0.15, 0.2) is 0 Å². The van der Waals surface area contributed by atoms with Gasteiger partial charge in [-0.25, -0.2) is 0 Å². The van der Waals surface area contributed by atoms with Crippen molar-refractivity contribution < 1.29 is 19.7 Å². The van der Waals surface area contributed by atoms with E-state index >= 15 is 0 Å². The molecule has 0 radical (unpaired) electrons. The highest BCUT2D eigenvalue weighted by Gasteiger charge is 2.37. The summed E-state index contributed by atoms with van der Waals surface area (Å²) in [5, 5.41) is 19.0. The molecule has 2 N–H and O–H groups in total. The van der Waals surface area contributed by atoms with Crippen LogP contribution in [0.2, 0.25) is 0 Å². The summed E-state index contributed by atoms with van der Waals surface area (Å²) in [4.78, 5) is 0. The van der Waals surface area contributed by atoms with Gasteiger partial charge in [-0.15, -0.1) is 0 Å². The summed E-state index contributed by atoms with van der Waals surface area (Å²) in [5.41, 5.74) is 8.03. The minimum Gasteiger partial charge on any atom is -0.491 e. The minimum atomic E-state index is -0.0303. The van der Waals surface area contributed by atoms with E-state index in [1.807, 2.05) is 0 Å². The molecule has 2 aromatic carbocycles. The zero-order valence-electron chi connectivity index (χ0n) is 25.2. The van der Waals surface area contributed by atoms with Gasteiger partial charge in [-0.05, 0) is 71.9 Å². The molecule has 0 atom stereocenters. The third kappa shape index (κ3) is 7.79. The van der Waals surface area contributed by atoms with Crippen LogP contribution < -0.4 is 9.47 Å². The molecule has 218 valence electrons. The van der Waals surface area contributed by atoms with Gasteiger partial charge in [0.2, 0.25) is 0 Å². The van der Waals surface area contributed by atoms with Crippen LogP contribution in [0.15, 0.2) is 24.3 Å². The molecule has 1 aliphatic carbocycles. The highest BCUT2D eigenvalue weighted by Crippen LogP contribution is 2.48. The van der Waals surface area contributed by atoms with Crippen molar-refractivity contribution >= 4 is 0 Å². The summed E-state index contributed by atoms with van der Waals surface area (Å²) < 4.78 is 12.4. The third-order valence-corrected chi connectivity index (χ3v) is 8.30. The second-order valence-electron chi connectivity index (χ2n) is 11.4. The Kier molecular flexibility index (Phi) is 13.1. The van der Waals surface area contributed by atoms with Crippen molar-refractivity contribution in [3.63, 3.8) is 0 Å². The lowest BCUT2D eigenvalue weighted by molar-refractivity contribution is 0.199. The van der Waals surface area contributed by atoms with Crippen LogP contribution in [0, 0.1) is 0 Å². The summed E-state index contributed by atoms with van der Waals surface area (Å²) in [5.74, 6) is 2.01. The maximum absolute atomic E-state index is 9.52. The van der Waals surface area contributed by atoms with Crippen molar-refractivity contribution in [2.75, 3.05) is 26.4 Å². The SMILES string of the molecule is CCCc1cc(C2(c3cc(CCC)c(OCCO)c(CCC)c3)CCCCCC2)cc(CCC)c1OCCO. The highest BCUT2D eigenvalue weighted by atomic mass is 16.5. The van der Waals surface area contributed by atoms with Crippen molar-refractivity contribution in [1.82, 2.24) is 0 Å². The summed E-state index contributed by atoms with van der Waals surface area (Å²) in [6, 6.07) is 9.82. The second-order valence-corrected chi connectivity index (χ2v) is 11.4. The number of hydrogen-bond donors (Lipinski definition) is 2. The van der Waals surface area contributed by atoms with Gasteiger partial charge in [-0.2, -0.15) is 0 Å². The van der Waals surface area contributed by atoms with Crippen molar-refractivity contribution in [1.29, 1.82) is 0 Å². The third-order valence-electron chi connectivity index (χ3n) is 8.30. The van der Waals surface area contributed by atoms with Crippen molar-refractivity contribution in [3.05, 3.63) is 57.6 Å². The molecule has 0 aliphatic heterocycles. The zero-order chi connectivity index (χ0) is 28.1. The fourth-order valence-corrected chi connectivity index (χ4v) is 6.62. The van der Waals surface area contributed by atoms with E-state index in [9.17, 15) is 10.2 Å². The molecule has 1 saturated carbocycles. The number of aryl methyl sites for hydroxylation is 4. The molecule has 0 amide bonds. The van der Waals surface area contributed by atoms with Gasteiger partial charge in [0.25, 0.3) is 0 Å². The fraction of sp³-hybridized carbons (Fsp3) is 0.657. The number of benzene rings is 2. The highest BCUT2D eigenvalue weighted by molar-refractivity contribution is 5.54. The lowest BCUT2D eigenvalue weighted by atomic mass is 9.67. The van der Waals surface area contributed by atoms with Crippen LogP contribution >= 0.6 is 0 Å². The van der Waals surface area contributed by atoms with Crippen LogP contribution in [0.3, 0.4) is 0 Å². The van der Waals surface area contributed by atoms with Crippen molar-refractivity contribution in [3.8, 4) is 11.5 Å². The maximum atomic E-state index is 9.52. The Labute approximate surface area is 238 Å². The Bertz CT molecular complexity index is 876. The first-order valence-corrected chi connectivity index (χ1v) is 15.9. The van der Waals surface area contributed by atoms with Crippen molar-refractivity contribution in [2.45, 2.75) is 123 Å². The number of hydrogen-bond acceptors (Lipinski definition) is 4. The topological polar surface area (TPSA) is 58.9 Å². The molecule has 39 heavy (non-hydrogen) atoms. The zero-order valence-corrected chi connectivity index (χ0v) is 25.2. The van der Waals surface area contributed by atoms with E-state index in [4.69, 9.17) is 9.47 Å². The molecule has 1 fully saturated rings. The van der Waals surface area contributed by atoms with E-state index < -0.39 is 0 Å². The molecule has 0 unspecified atom stereocenters. The molecule has 4 nitrogen and oxygen atoms in total. The predicted octanol–water partition coefficient (Wildman–Crippen LogP) is 7.88. The lowest BCUT2D eigenvalue weighted by Gasteiger charge is -2.37. The van der Waals surface area contributed by atoms with E-state index in [0.717, 1.165) is 75.7 Å². The molecule has 0 saturated heterocycles. The van der Waals surface area contributed by atoms with Gasteiger partial charge < -0.3 is 19.7 Å². The Hall–Kier alpha value is -2.04. The molecular formula is C35H54O4. The molecule has 0 bridgehead atoms. The first-order chi connectivity index (χ1) is 19.1. The van der Waals surface area contributed by atoms with E-state index in [-0.39, 0.29) is 18.6 Å². The van der Waals surface area contributed by atoms with Gasteiger partial charge >= 0.3 is 0 Å². The molecule has 0 aromatic heterocycles. The smallest absolute Gasteiger partial charge is 0.125 e. The Morgan fingerprint density at radius 2 is 0.897 bits per heavy atom. The minimum absolute atomic E-state index is 0.0303. The Morgan fingerprint density at radius 3 is 1.18 bits per heavy atom. The van der Waals surface area contributed by atoms with E-state index in [0.29, 0.717) is 13.2 Å². The molecule has 2 aromatic rings. The van der Waals surface area contributed by atoms with Crippen LogP contribution in [-0.4, -0.2) is 36.6 Å². The van der Waals surface area contributed by atoms with Gasteiger partial charge in [0.1, 0.15) is 24.7 Å². The average molecular weight is 539 g/mol. The normalized spacial score (nSPS) is 15.2. The van der Waals surface area contributed by atoms with Gasteiger partial charge in [0.05, 0.1) is 13.2 Å². The van der Waals surface area contributed by atoms with E-state index in [1.54, 1.807) is 0 Å². The molecule has 3 rings (SSSR count). The quantitative estimate of drug-likeness (QED) is 0.213. The van der Waals surface area contributed by atoms with E-state index in [2.05, 4.69) is 52.0 Å². The van der Waals surface area contributed by atoms with Gasteiger partial charge in [-0.3, -0.25) is 0 Å². The maximum Gasteiger partial charge on any atom is 0.125 e. The fourth-order valence-electron chi connectivity index (χ4n) is 6.62. The first-order valence-electron chi connectivity index (χ1n) is 15.9. The molecule has 4 heteroatoms. The molecule has 0 heterocycles. The largest absolute Gasteiger partial charge is 0.491 e. The molecule has 1 aliphatic rings. The lowest BCUT2D eigenvalue weighted by Crippen LogP contribution is -2.28. The van der Waals surface area contributed by atoms with Crippen LogP contribution in [0.1, 0.15) is 125 Å². The van der Waals surface area contributed by atoms with Gasteiger partial charge in [-0.1, -0.05) is 103 Å². The number of aliphatic hydroxyl groups excluding tert-OH is 2. The van der Waals surface area contributed by atoms with Gasteiger partial charge in [0, 0.05) is 5.41 Å². The predicted molar refractivity (Wildman–Crippen MR) is 163 cm³/mol. The monoisotopic (exact) mass is 538 g/mol. The second kappa shape index (κ2) is 16.3. The first kappa shape index (κ1) is 31.5. The van der Waals surface area contributed by atoms with Crippen molar-refractivity contribution in [2.24, 2.45) is 0 Å². The summed E-state index contributed by atoms with van der Waals surface area (Å²) in [6.07, 6.45) is 15.6. The average Bonchev–Trinajstić information content (AvgIpc) is 3.20. The molecular weight excluding hydrogens is 484 g/mol. The standard InChI is InChI=1S/C35H54O4/c1-5-13-27-23-31(24-28(14-6-2)33(27)38-21-19-36)35(17-11-9-10-12-18-35)32-25-29(15-7-3)34(39-22-20-37)30(26-32)16-8-4/h23-26,36-37H,5-22H2,1-4H3. The molecule has 0 spiro atoms.